The average molecular weight is 707 g/mol. The van der Waals surface area contributed by atoms with Crippen molar-refractivity contribution in [3.05, 3.63) is 109 Å². The van der Waals surface area contributed by atoms with Gasteiger partial charge in [-0.2, -0.15) is 0 Å². The first-order valence-electron chi connectivity index (χ1n) is 13.2. The monoisotopic (exact) mass is 707 g/mol. The molecule has 0 aliphatic rings. The second kappa shape index (κ2) is 12.2. The van der Waals surface area contributed by atoms with E-state index >= 15 is 0 Å². The van der Waals surface area contributed by atoms with Crippen molar-refractivity contribution in [2.75, 3.05) is 0 Å². The predicted octanol–water partition coefficient (Wildman–Crippen LogP) is 8.06. The van der Waals surface area contributed by atoms with Gasteiger partial charge >= 0.3 is 0 Å². The molecule has 4 nitrogen and oxygen atoms in total. The summed E-state index contributed by atoms with van der Waals surface area (Å²) < 4.78 is 14.3. The molecule has 1 radical (unpaired) electrons. The van der Waals surface area contributed by atoms with E-state index in [1.54, 1.807) is 12.4 Å². The van der Waals surface area contributed by atoms with Crippen LogP contribution >= 0.6 is 0 Å². The van der Waals surface area contributed by atoms with Crippen LogP contribution in [0.3, 0.4) is 0 Å². The third kappa shape index (κ3) is 6.25. The molecular formula is C33H31IrN3OSi-2. The molecular weight excluding hydrogens is 675 g/mol. The summed E-state index contributed by atoms with van der Waals surface area (Å²) in [6, 6.07) is 30.0. The van der Waals surface area contributed by atoms with Crippen LogP contribution in [-0.4, -0.2) is 23.0 Å². The maximum Gasteiger partial charge on any atom is 0.216 e. The van der Waals surface area contributed by atoms with Crippen LogP contribution in [-0.2, 0) is 20.1 Å². The van der Waals surface area contributed by atoms with Crippen molar-refractivity contribution in [1.29, 1.82) is 0 Å². The summed E-state index contributed by atoms with van der Waals surface area (Å²) in [7, 11) is -1.50. The quantitative estimate of drug-likeness (QED) is 0.138. The van der Waals surface area contributed by atoms with Crippen LogP contribution in [0, 0.1) is 12.1 Å². The Labute approximate surface area is 246 Å². The van der Waals surface area contributed by atoms with Gasteiger partial charge in [0.05, 0.1) is 13.7 Å². The zero-order valence-corrected chi connectivity index (χ0v) is 26.1. The Morgan fingerprint density at radius 1 is 0.821 bits per heavy atom. The third-order valence-corrected chi connectivity index (χ3v) is 8.38. The van der Waals surface area contributed by atoms with E-state index in [0.717, 1.165) is 44.4 Å². The maximum absolute atomic E-state index is 8.44. The van der Waals surface area contributed by atoms with Gasteiger partial charge in [-0.3, -0.25) is 0 Å². The summed E-state index contributed by atoms with van der Waals surface area (Å²) in [5, 5.41) is 3.34. The number of hydrogen-bond donors (Lipinski definition) is 0. The number of rotatable bonds is 4. The molecule has 4 heterocycles. The Hall–Kier alpha value is -3.44. The van der Waals surface area contributed by atoms with Crippen molar-refractivity contribution in [2.24, 2.45) is 0 Å². The number of pyridine rings is 3. The first-order valence-corrected chi connectivity index (χ1v) is 16.2. The van der Waals surface area contributed by atoms with Crippen molar-refractivity contribution in [2.45, 2.75) is 39.4 Å². The normalized spacial score (nSPS) is 11.9. The Bertz CT molecular complexity index is 1730. The van der Waals surface area contributed by atoms with E-state index in [1.165, 1.54) is 5.19 Å². The molecule has 0 saturated carbocycles. The molecule has 0 atom stereocenters. The number of hydrogen-bond acceptors (Lipinski definition) is 4. The minimum absolute atomic E-state index is 0. The summed E-state index contributed by atoms with van der Waals surface area (Å²) in [6.07, 6.45) is 5.48. The van der Waals surface area contributed by atoms with Gasteiger partial charge in [-0.1, -0.05) is 68.2 Å². The van der Waals surface area contributed by atoms with Gasteiger partial charge in [0.1, 0.15) is 0 Å². The van der Waals surface area contributed by atoms with Gasteiger partial charge in [0, 0.05) is 45.5 Å². The zero-order chi connectivity index (χ0) is 27.6. The predicted molar refractivity (Wildman–Crippen MR) is 159 cm³/mol. The van der Waals surface area contributed by atoms with Gasteiger partial charge in [0.25, 0.3) is 0 Å². The molecule has 0 unspecified atom stereocenters. The van der Waals surface area contributed by atoms with E-state index in [9.17, 15) is 0 Å². The minimum Gasteiger partial charge on any atom is -0.486 e. The van der Waals surface area contributed by atoms with Gasteiger partial charge in [-0.15, -0.1) is 54.1 Å². The Morgan fingerprint density at radius 2 is 1.62 bits per heavy atom. The molecule has 0 saturated heterocycles. The van der Waals surface area contributed by atoms with Crippen LogP contribution in [0.4, 0.5) is 0 Å². The van der Waals surface area contributed by atoms with Crippen molar-refractivity contribution < 1.29 is 25.9 Å². The molecule has 0 bridgehead atoms. The molecule has 39 heavy (non-hydrogen) atoms. The maximum atomic E-state index is 8.44. The summed E-state index contributed by atoms with van der Waals surface area (Å²) >= 11 is 0. The first-order chi connectivity index (χ1) is 18.6. The Morgan fingerprint density at radius 3 is 2.31 bits per heavy atom. The molecule has 2 aromatic carbocycles. The van der Waals surface area contributed by atoms with Crippen LogP contribution < -0.4 is 5.19 Å². The van der Waals surface area contributed by atoms with E-state index in [1.807, 2.05) is 86.8 Å². The van der Waals surface area contributed by atoms with E-state index in [2.05, 4.69) is 52.8 Å². The standard InChI is InChI=1S/C17H22NSi.C16H9N2O.Ir/c1-13(2)15-11-16(14-9-7-6-8-10-14)18-12-17(15)19(3,4)5;1-2-9-17-14(8-1)13-6-3-5-11-12-7-4-10-18-16(12)19-15(11)13;/h6-9,11-13H,1-5H3;1-5,7-10H;/q2*-1;/i13D;;. The fourth-order valence-corrected chi connectivity index (χ4v) is 6.03. The van der Waals surface area contributed by atoms with E-state index in [4.69, 9.17) is 5.79 Å². The summed E-state index contributed by atoms with van der Waals surface area (Å²) in [5.74, 6) is -0.609. The van der Waals surface area contributed by atoms with Crippen LogP contribution in [0.15, 0.2) is 95.8 Å². The fraction of sp³-hybridized carbons (Fsp3) is 0.182. The van der Waals surface area contributed by atoms with Crippen molar-refractivity contribution >= 4 is 35.3 Å². The molecule has 0 fully saturated rings. The van der Waals surface area contributed by atoms with Crippen LogP contribution in [0.25, 0.3) is 44.6 Å². The van der Waals surface area contributed by atoms with Gasteiger partial charge in [0.2, 0.25) is 5.71 Å². The number of fused-ring (bicyclic) bond motifs is 3. The van der Waals surface area contributed by atoms with Gasteiger partial charge in [0.15, 0.2) is 0 Å². The smallest absolute Gasteiger partial charge is 0.216 e. The molecule has 0 aliphatic heterocycles. The molecule has 199 valence electrons. The van der Waals surface area contributed by atoms with Crippen molar-refractivity contribution in [3.63, 3.8) is 0 Å². The fourth-order valence-electron chi connectivity index (χ4n) is 4.44. The zero-order valence-electron chi connectivity index (χ0n) is 23.7. The number of furan rings is 1. The number of nitrogens with zero attached hydrogens (tertiary/aromatic N) is 3. The van der Waals surface area contributed by atoms with Crippen LogP contribution in [0.1, 0.15) is 26.7 Å². The SMILES string of the molecule is [2H]C(C)(C)c1cc(-c2[c-]cccc2)ncc1[Si](C)(C)C.[Ir].[c-]1ccc2c(oc3ncccc32)c1-c1ccccn1. The van der Waals surface area contributed by atoms with Crippen molar-refractivity contribution in [3.8, 4) is 22.5 Å². The van der Waals surface area contributed by atoms with Gasteiger partial charge in [-0.05, 0) is 40.7 Å². The Kier molecular flexibility index (Phi) is 8.46. The van der Waals surface area contributed by atoms with Crippen LogP contribution in [0.2, 0.25) is 19.6 Å². The summed E-state index contributed by atoms with van der Waals surface area (Å²) in [5.41, 5.74) is 6.15. The molecule has 6 aromatic rings. The third-order valence-electron chi connectivity index (χ3n) is 6.37. The molecule has 0 spiro atoms. The molecule has 0 amide bonds. The van der Waals surface area contributed by atoms with Gasteiger partial charge in [-0.25, -0.2) is 4.98 Å². The summed E-state index contributed by atoms with van der Waals surface area (Å²) in [4.78, 5) is 13.2. The van der Waals surface area contributed by atoms with Gasteiger partial charge < -0.3 is 14.4 Å². The topological polar surface area (TPSA) is 51.8 Å². The van der Waals surface area contributed by atoms with E-state index in [-0.39, 0.29) is 20.1 Å². The average Bonchev–Trinajstić information content (AvgIpc) is 3.32. The van der Waals surface area contributed by atoms with E-state index in [0.29, 0.717) is 5.71 Å². The molecule has 4 aromatic heterocycles. The van der Waals surface area contributed by atoms with Crippen molar-refractivity contribution in [1.82, 2.24) is 15.0 Å². The summed E-state index contributed by atoms with van der Waals surface area (Å²) in [6.45, 7) is 10.8. The molecule has 0 aliphatic carbocycles. The number of benzene rings is 2. The second-order valence-electron chi connectivity index (χ2n) is 10.4. The second-order valence-corrected chi connectivity index (χ2v) is 15.4. The van der Waals surface area contributed by atoms with E-state index < -0.39 is 14.0 Å². The molecule has 0 N–H and O–H groups in total. The number of aromatic nitrogens is 3. The molecule has 6 rings (SSSR count). The largest absolute Gasteiger partial charge is 0.486 e. The molecule has 6 heteroatoms. The minimum atomic E-state index is -1.50. The Balaban J connectivity index is 0.000000180. The first kappa shape index (κ1) is 27.1. The van der Waals surface area contributed by atoms with Crippen LogP contribution in [0.5, 0.6) is 0 Å².